The van der Waals surface area contributed by atoms with Crippen LogP contribution in [0.4, 0.5) is 0 Å². The van der Waals surface area contributed by atoms with Crippen LogP contribution in [-0.2, 0) is 28.2 Å². The van der Waals surface area contributed by atoms with Gasteiger partial charge in [0.1, 0.15) is 0 Å². The van der Waals surface area contributed by atoms with Crippen LogP contribution in [0.1, 0.15) is 20.3 Å². The fourth-order valence-electron chi connectivity index (χ4n) is 0.877. The number of rotatable bonds is 8. The third-order valence-corrected chi connectivity index (χ3v) is 2.29. The molecule has 0 aromatic rings. The second kappa shape index (κ2) is 7.96. The Hall–Kier alpha value is -1.47. The molecule has 9 heteroatoms. The largest absolute Gasteiger partial charge is 0.472 e. The number of hydrogen-bond acceptors (Lipinski definition) is 6. The van der Waals surface area contributed by atoms with Crippen LogP contribution in [0.25, 0.3) is 0 Å². The molecule has 1 atom stereocenters. The Morgan fingerprint density at radius 2 is 1.65 bits per heavy atom. The summed E-state index contributed by atoms with van der Waals surface area (Å²) in [7, 11) is -4.86. The maximum absolute atomic E-state index is 11.3. The van der Waals surface area contributed by atoms with Gasteiger partial charge in [0, 0.05) is 17.6 Å². The molecular formula is C11H17O8P. The molecule has 20 heavy (non-hydrogen) atoms. The highest BCUT2D eigenvalue weighted by Gasteiger charge is 2.26. The zero-order chi connectivity index (χ0) is 15.9. The number of carbonyl (C=O) groups is 2. The first-order valence-electron chi connectivity index (χ1n) is 5.46. The lowest BCUT2D eigenvalue weighted by atomic mass is 10.3. The number of phosphoric ester groups is 1. The van der Waals surface area contributed by atoms with Crippen molar-refractivity contribution < 1.29 is 37.9 Å². The molecule has 0 radical (unpaired) electrons. The number of carbonyl (C=O) groups excluding carboxylic acids is 2. The molecule has 8 nitrogen and oxygen atoms in total. The molecule has 0 fully saturated rings. The van der Waals surface area contributed by atoms with E-state index >= 15 is 0 Å². The molecule has 2 N–H and O–H groups in total. The number of esters is 2. The van der Waals surface area contributed by atoms with Gasteiger partial charge in [-0.2, -0.15) is 0 Å². The summed E-state index contributed by atoms with van der Waals surface area (Å²) in [6, 6.07) is 0. The second-order valence-corrected chi connectivity index (χ2v) is 5.11. The maximum atomic E-state index is 11.3. The minimum absolute atomic E-state index is 0.0308. The monoisotopic (exact) mass is 308 g/mol. The van der Waals surface area contributed by atoms with E-state index in [1.807, 2.05) is 0 Å². The summed E-state index contributed by atoms with van der Waals surface area (Å²) < 4.78 is 24.4. The van der Waals surface area contributed by atoms with Crippen molar-refractivity contribution in [2.24, 2.45) is 0 Å². The van der Waals surface area contributed by atoms with Crippen molar-refractivity contribution in [3.8, 4) is 0 Å². The smallest absolute Gasteiger partial charge is 0.462 e. The van der Waals surface area contributed by atoms with Gasteiger partial charge in [-0.1, -0.05) is 13.2 Å². The maximum Gasteiger partial charge on any atom is 0.472 e. The van der Waals surface area contributed by atoms with Crippen LogP contribution in [-0.4, -0.2) is 34.6 Å². The third-order valence-electron chi connectivity index (χ3n) is 1.78. The van der Waals surface area contributed by atoms with Crippen LogP contribution in [0.3, 0.4) is 0 Å². The second-order valence-electron chi connectivity index (χ2n) is 3.92. The Balaban J connectivity index is 4.50. The molecule has 0 heterocycles. The molecular weight excluding hydrogens is 291 g/mol. The van der Waals surface area contributed by atoms with E-state index < -0.39 is 26.1 Å². The summed E-state index contributed by atoms with van der Waals surface area (Å²) in [5.41, 5.74) is 0.194. The SMILES string of the molecule is C=C(C)C(=O)OCCC(OC(=O)C(=C)C)OP(=O)(O)O. The molecule has 0 saturated carbocycles. The summed E-state index contributed by atoms with van der Waals surface area (Å²) in [6.45, 7) is 9.20. The van der Waals surface area contributed by atoms with Gasteiger partial charge in [-0.3, -0.25) is 0 Å². The van der Waals surface area contributed by atoms with E-state index in [9.17, 15) is 14.2 Å². The van der Waals surface area contributed by atoms with Gasteiger partial charge in [-0.25, -0.2) is 18.7 Å². The molecule has 0 aliphatic carbocycles. The summed E-state index contributed by atoms with van der Waals surface area (Å²) in [5.74, 6) is -1.55. The van der Waals surface area contributed by atoms with Crippen molar-refractivity contribution in [2.45, 2.75) is 26.6 Å². The Morgan fingerprint density at radius 1 is 1.15 bits per heavy atom. The standard InChI is InChI=1S/C11H17O8P/c1-7(2)10(12)17-6-5-9(19-20(14,15)16)18-11(13)8(3)4/h9H,1,3,5-6H2,2,4H3,(H2,14,15,16). The van der Waals surface area contributed by atoms with Gasteiger partial charge >= 0.3 is 19.8 Å². The molecule has 0 spiro atoms. The van der Waals surface area contributed by atoms with Crippen LogP contribution < -0.4 is 0 Å². The van der Waals surface area contributed by atoms with E-state index in [-0.39, 0.29) is 24.2 Å². The first kappa shape index (κ1) is 18.5. The van der Waals surface area contributed by atoms with Gasteiger partial charge in [0.05, 0.1) is 6.61 Å². The van der Waals surface area contributed by atoms with Crippen LogP contribution in [0.5, 0.6) is 0 Å². The molecule has 0 rings (SSSR count). The lowest BCUT2D eigenvalue weighted by Gasteiger charge is -2.18. The van der Waals surface area contributed by atoms with Crippen molar-refractivity contribution >= 4 is 19.8 Å². The van der Waals surface area contributed by atoms with Crippen LogP contribution in [0, 0.1) is 0 Å². The van der Waals surface area contributed by atoms with Gasteiger partial charge in [-0.05, 0) is 13.8 Å². The average Bonchev–Trinajstić information content (AvgIpc) is 2.25. The highest BCUT2D eigenvalue weighted by Crippen LogP contribution is 2.38. The fourth-order valence-corrected chi connectivity index (χ4v) is 1.33. The highest BCUT2D eigenvalue weighted by atomic mass is 31.2. The third kappa shape index (κ3) is 8.60. The normalized spacial score (nSPS) is 12.4. The molecule has 0 aromatic heterocycles. The van der Waals surface area contributed by atoms with Crippen molar-refractivity contribution in [3.05, 3.63) is 24.3 Å². The van der Waals surface area contributed by atoms with E-state index in [1.54, 1.807) is 0 Å². The van der Waals surface area contributed by atoms with Gasteiger partial charge in [-0.15, -0.1) is 0 Å². The minimum atomic E-state index is -4.86. The molecule has 0 aliphatic heterocycles. The molecule has 0 bridgehead atoms. The highest BCUT2D eigenvalue weighted by molar-refractivity contribution is 7.46. The number of phosphoric acid groups is 1. The quantitative estimate of drug-likeness (QED) is 0.295. The Morgan fingerprint density at radius 3 is 2.05 bits per heavy atom. The predicted molar refractivity (Wildman–Crippen MR) is 68.2 cm³/mol. The summed E-state index contributed by atoms with van der Waals surface area (Å²) in [4.78, 5) is 39.7. The van der Waals surface area contributed by atoms with Crippen molar-refractivity contribution in [3.63, 3.8) is 0 Å². The Kier molecular flexibility index (Phi) is 7.38. The molecule has 0 aliphatic rings. The lowest BCUT2D eigenvalue weighted by molar-refractivity contribution is -0.163. The van der Waals surface area contributed by atoms with E-state index in [4.69, 9.17) is 14.5 Å². The summed E-state index contributed by atoms with van der Waals surface area (Å²) in [5, 5.41) is 0. The molecule has 0 amide bonds. The Labute approximate surface area is 116 Å². The molecule has 0 aromatic carbocycles. The van der Waals surface area contributed by atoms with Gasteiger partial charge in [0.2, 0.25) is 6.29 Å². The summed E-state index contributed by atoms with van der Waals surface area (Å²) in [6.07, 6.45) is -1.80. The van der Waals surface area contributed by atoms with Gasteiger partial charge in [0.15, 0.2) is 0 Å². The van der Waals surface area contributed by atoms with E-state index in [0.29, 0.717) is 0 Å². The van der Waals surface area contributed by atoms with E-state index in [1.165, 1.54) is 13.8 Å². The molecule has 114 valence electrons. The zero-order valence-corrected chi connectivity index (χ0v) is 12.1. The van der Waals surface area contributed by atoms with Crippen molar-refractivity contribution in [1.29, 1.82) is 0 Å². The molecule has 0 saturated heterocycles. The number of hydrogen-bond donors (Lipinski definition) is 2. The van der Waals surface area contributed by atoms with Gasteiger partial charge < -0.3 is 19.3 Å². The lowest BCUT2D eigenvalue weighted by Crippen LogP contribution is -2.23. The van der Waals surface area contributed by atoms with E-state index in [0.717, 1.165) is 0 Å². The average molecular weight is 308 g/mol. The van der Waals surface area contributed by atoms with Crippen LogP contribution in [0.15, 0.2) is 24.3 Å². The summed E-state index contributed by atoms with van der Waals surface area (Å²) >= 11 is 0. The first-order valence-corrected chi connectivity index (χ1v) is 6.99. The molecule has 1 unspecified atom stereocenters. The topological polar surface area (TPSA) is 119 Å². The fraction of sp³-hybridized carbons (Fsp3) is 0.455. The van der Waals surface area contributed by atoms with Crippen LogP contribution in [0.2, 0.25) is 0 Å². The van der Waals surface area contributed by atoms with Gasteiger partial charge in [0.25, 0.3) is 0 Å². The van der Waals surface area contributed by atoms with E-state index in [2.05, 4.69) is 22.4 Å². The van der Waals surface area contributed by atoms with Crippen molar-refractivity contribution in [2.75, 3.05) is 6.61 Å². The minimum Gasteiger partial charge on any atom is -0.462 e. The first-order chi connectivity index (χ1) is 9.03. The number of ether oxygens (including phenoxy) is 2. The zero-order valence-electron chi connectivity index (χ0n) is 11.2. The van der Waals surface area contributed by atoms with Crippen molar-refractivity contribution in [1.82, 2.24) is 0 Å². The van der Waals surface area contributed by atoms with Crippen LogP contribution >= 0.6 is 7.82 Å². The Bertz CT molecular complexity index is 449. The predicted octanol–water partition coefficient (Wildman–Crippen LogP) is 1.05.